The van der Waals surface area contributed by atoms with Gasteiger partial charge in [-0.15, -0.1) is 0 Å². The Labute approximate surface area is 326 Å². The molecule has 56 heavy (non-hydrogen) atoms. The molecule has 0 spiro atoms. The number of hydrogen-bond acceptors (Lipinski definition) is 0. The molecule has 0 unspecified atom stereocenters. The highest BCUT2D eigenvalue weighted by Crippen LogP contribution is 2.48. The van der Waals surface area contributed by atoms with Crippen molar-refractivity contribution in [2.24, 2.45) is 0 Å². The number of hydrogen-bond donors (Lipinski definition) is 0. The Bertz CT molecular complexity index is 3240. The minimum absolute atomic E-state index is 1.16. The van der Waals surface area contributed by atoms with Crippen molar-refractivity contribution in [2.45, 2.75) is 6.92 Å². The van der Waals surface area contributed by atoms with E-state index < -0.39 is 0 Å². The van der Waals surface area contributed by atoms with Gasteiger partial charge in [-0.25, -0.2) is 0 Å². The van der Waals surface area contributed by atoms with Crippen molar-refractivity contribution < 1.29 is 0 Å². The lowest BCUT2D eigenvalue weighted by molar-refractivity contribution is 1.18. The van der Waals surface area contributed by atoms with Gasteiger partial charge in [0.2, 0.25) is 0 Å². The fourth-order valence-electron chi connectivity index (χ4n) is 9.29. The summed E-state index contributed by atoms with van der Waals surface area (Å²) in [6.07, 6.45) is 0. The Kier molecular flexibility index (Phi) is 7.47. The van der Waals surface area contributed by atoms with Gasteiger partial charge in [0.1, 0.15) is 0 Å². The van der Waals surface area contributed by atoms with Crippen LogP contribution in [-0.4, -0.2) is 4.57 Å². The molecule has 0 aliphatic carbocycles. The second-order valence-electron chi connectivity index (χ2n) is 14.9. The summed E-state index contributed by atoms with van der Waals surface area (Å²) in [5.41, 5.74) is 14.8. The average molecular weight is 712 g/mol. The SMILES string of the molecule is Cc1cc2c3ccccc3n(-c3ccccc3)c2c(-c2ccccc2)c1-c1cccc(-c2c3ccccc3c(-c3ccc4ccccc4c3)c3ccccc23)c1. The molecule has 0 aliphatic rings. The average Bonchev–Trinajstić information content (AvgIpc) is 3.59. The normalized spacial score (nSPS) is 11.7. The molecule has 0 aliphatic heterocycles. The standard InChI is InChI=1S/C55H37N/c1-36-33-49-44-25-14-15-30-50(44)56(43-23-6-3-7-24-43)55(49)54(38-18-4-2-5-19-38)51(36)40-21-16-22-41(35-40)52-45-26-10-12-28-47(45)53(48-29-13-11-27-46(48)52)42-32-31-37-17-8-9-20-39(37)34-42/h2-35H,1H3. The second kappa shape index (κ2) is 13.0. The van der Waals surface area contributed by atoms with Crippen LogP contribution in [0.15, 0.2) is 206 Å². The highest BCUT2D eigenvalue weighted by molar-refractivity contribution is 6.22. The van der Waals surface area contributed by atoms with Crippen LogP contribution in [0.25, 0.3) is 104 Å². The van der Waals surface area contributed by atoms with E-state index in [9.17, 15) is 0 Å². The van der Waals surface area contributed by atoms with Crippen LogP contribution in [0.1, 0.15) is 5.56 Å². The largest absolute Gasteiger partial charge is 0.309 e. The summed E-state index contributed by atoms with van der Waals surface area (Å²) < 4.78 is 2.46. The summed E-state index contributed by atoms with van der Waals surface area (Å²) in [6, 6.07) is 75.8. The predicted octanol–water partition coefficient (Wildman–Crippen LogP) is 15.2. The minimum atomic E-state index is 1.16. The molecule has 1 aromatic heterocycles. The van der Waals surface area contributed by atoms with E-state index in [0.717, 1.165) is 5.69 Å². The molecule has 0 amide bonds. The van der Waals surface area contributed by atoms with Gasteiger partial charge >= 0.3 is 0 Å². The van der Waals surface area contributed by atoms with Gasteiger partial charge in [-0.05, 0) is 120 Å². The van der Waals surface area contributed by atoms with Crippen LogP contribution in [0, 0.1) is 6.92 Å². The van der Waals surface area contributed by atoms with Gasteiger partial charge < -0.3 is 4.57 Å². The lowest BCUT2D eigenvalue weighted by atomic mass is 9.84. The zero-order valence-corrected chi connectivity index (χ0v) is 31.1. The van der Waals surface area contributed by atoms with Crippen molar-refractivity contribution in [3.8, 4) is 50.2 Å². The molecule has 0 saturated heterocycles. The molecular weight excluding hydrogens is 675 g/mol. The van der Waals surface area contributed by atoms with Gasteiger partial charge in [-0.1, -0.05) is 170 Å². The van der Waals surface area contributed by atoms with E-state index in [4.69, 9.17) is 0 Å². The quantitative estimate of drug-likeness (QED) is 0.157. The summed E-state index contributed by atoms with van der Waals surface area (Å²) >= 11 is 0. The van der Waals surface area contributed by atoms with Gasteiger partial charge in [0.05, 0.1) is 11.0 Å². The maximum atomic E-state index is 2.46. The maximum absolute atomic E-state index is 2.46. The first-order valence-electron chi connectivity index (χ1n) is 19.4. The van der Waals surface area contributed by atoms with E-state index in [-0.39, 0.29) is 0 Å². The zero-order valence-electron chi connectivity index (χ0n) is 31.1. The van der Waals surface area contributed by atoms with Crippen molar-refractivity contribution in [3.05, 3.63) is 212 Å². The molecule has 0 bridgehead atoms. The highest BCUT2D eigenvalue weighted by Gasteiger charge is 2.23. The molecule has 1 heteroatoms. The fraction of sp³-hybridized carbons (Fsp3) is 0.0182. The Morgan fingerprint density at radius 3 is 1.46 bits per heavy atom. The number of rotatable bonds is 5. The maximum Gasteiger partial charge on any atom is 0.0625 e. The first kappa shape index (κ1) is 32.2. The second-order valence-corrected chi connectivity index (χ2v) is 14.9. The van der Waals surface area contributed by atoms with Crippen molar-refractivity contribution in [2.75, 3.05) is 0 Å². The van der Waals surface area contributed by atoms with E-state index in [1.54, 1.807) is 0 Å². The first-order chi connectivity index (χ1) is 27.7. The van der Waals surface area contributed by atoms with Gasteiger partial charge in [0.25, 0.3) is 0 Å². The predicted molar refractivity (Wildman–Crippen MR) is 240 cm³/mol. The van der Waals surface area contributed by atoms with Crippen molar-refractivity contribution in [1.82, 2.24) is 4.57 Å². The molecule has 0 atom stereocenters. The number of aryl methyl sites for hydroxylation is 1. The lowest BCUT2D eigenvalue weighted by Crippen LogP contribution is -1.98. The Hall–Kier alpha value is -7.22. The lowest BCUT2D eigenvalue weighted by Gasteiger charge is -2.20. The van der Waals surface area contributed by atoms with E-state index in [2.05, 4.69) is 218 Å². The Balaban J connectivity index is 1.21. The minimum Gasteiger partial charge on any atom is -0.309 e. The molecule has 0 fully saturated rings. The number of aromatic nitrogens is 1. The van der Waals surface area contributed by atoms with E-state index in [1.807, 2.05) is 0 Å². The molecule has 1 heterocycles. The molecule has 0 radical (unpaired) electrons. The summed E-state index contributed by atoms with van der Waals surface area (Å²) in [5, 5.41) is 10.1. The summed E-state index contributed by atoms with van der Waals surface area (Å²) in [7, 11) is 0. The van der Waals surface area contributed by atoms with Gasteiger partial charge in [0.15, 0.2) is 0 Å². The molecule has 11 rings (SSSR count). The molecule has 11 aromatic rings. The van der Waals surface area contributed by atoms with Gasteiger partial charge in [0, 0.05) is 22.0 Å². The molecule has 0 N–H and O–H groups in total. The molecule has 262 valence electrons. The van der Waals surface area contributed by atoms with Crippen LogP contribution in [0.3, 0.4) is 0 Å². The zero-order chi connectivity index (χ0) is 37.2. The Morgan fingerprint density at radius 2 is 0.804 bits per heavy atom. The highest BCUT2D eigenvalue weighted by atomic mass is 15.0. The van der Waals surface area contributed by atoms with Crippen LogP contribution in [0.5, 0.6) is 0 Å². The topological polar surface area (TPSA) is 4.93 Å². The van der Waals surface area contributed by atoms with Crippen molar-refractivity contribution in [1.29, 1.82) is 0 Å². The molecule has 1 nitrogen and oxygen atoms in total. The third-order valence-corrected chi connectivity index (χ3v) is 11.6. The monoisotopic (exact) mass is 711 g/mol. The van der Waals surface area contributed by atoms with Crippen LogP contribution in [0.2, 0.25) is 0 Å². The van der Waals surface area contributed by atoms with Crippen LogP contribution in [0.4, 0.5) is 0 Å². The van der Waals surface area contributed by atoms with Crippen LogP contribution >= 0.6 is 0 Å². The van der Waals surface area contributed by atoms with E-state index in [1.165, 1.54) is 104 Å². The first-order valence-corrected chi connectivity index (χ1v) is 19.4. The molecular formula is C55H37N. The summed E-state index contributed by atoms with van der Waals surface area (Å²) in [5.74, 6) is 0. The van der Waals surface area contributed by atoms with Gasteiger partial charge in [-0.2, -0.15) is 0 Å². The molecule has 10 aromatic carbocycles. The van der Waals surface area contributed by atoms with E-state index >= 15 is 0 Å². The van der Waals surface area contributed by atoms with Crippen molar-refractivity contribution >= 4 is 54.1 Å². The smallest absolute Gasteiger partial charge is 0.0625 e. The third kappa shape index (κ3) is 5.02. The number of benzene rings is 10. The third-order valence-electron chi connectivity index (χ3n) is 11.6. The van der Waals surface area contributed by atoms with Crippen LogP contribution in [-0.2, 0) is 0 Å². The van der Waals surface area contributed by atoms with E-state index in [0.29, 0.717) is 0 Å². The number of nitrogens with zero attached hydrogens (tertiary/aromatic N) is 1. The number of para-hydroxylation sites is 2. The summed E-state index contributed by atoms with van der Waals surface area (Å²) in [6.45, 7) is 2.28. The fourth-order valence-corrected chi connectivity index (χ4v) is 9.29. The van der Waals surface area contributed by atoms with Crippen LogP contribution < -0.4 is 0 Å². The Morgan fingerprint density at radius 1 is 0.304 bits per heavy atom. The van der Waals surface area contributed by atoms with Crippen molar-refractivity contribution in [3.63, 3.8) is 0 Å². The molecule has 0 saturated carbocycles. The summed E-state index contributed by atoms with van der Waals surface area (Å²) in [4.78, 5) is 0. The van der Waals surface area contributed by atoms with Gasteiger partial charge in [-0.3, -0.25) is 0 Å². The number of fused-ring (bicyclic) bond motifs is 6.